The minimum atomic E-state index is 0.0683. The molecule has 3 N–H and O–H groups in total. The van der Waals surface area contributed by atoms with E-state index < -0.39 is 0 Å². The van der Waals surface area contributed by atoms with Crippen molar-refractivity contribution < 1.29 is 5.11 Å². The van der Waals surface area contributed by atoms with Crippen LogP contribution in [0.4, 0.5) is 0 Å². The van der Waals surface area contributed by atoms with E-state index in [-0.39, 0.29) is 12.6 Å². The number of rotatable bonds is 5. The van der Waals surface area contributed by atoms with Gasteiger partial charge in [0.05, 0.1) is 6.61 Å². The summed E-state index contributed by atoms with van der Waals surface area (Å²) in [6, 6.07) is 10.7. The molecule has 1 saturated heterocycles. The van der Waals surface area contributed by atoms with E-state index in [1.807, 2.05) is 18.2 Å². The minimum Gasteiger partial charge on any atom is -0.395 e. The van der Waals surface area contributed by atoms with Gasteiger partial charge in [-0.2, -0.15) is 0 Å². The molecule has 3 unspecified atom stereocenters. The van der Waals surface area contributed by atoms with E-state index in [4.69, 9.17) is 5.73 Å². The maximum atomic E-state index is 9.58. The fourth-order valence-electron chi connectivity index (χ4n) is 3.17. The molecule has 1 aromatic rings. The molecule has 1 aliphatic heterocycles. The number of aliphatic hydroxyl groups is 1. The summed E-state index contributed by atoms with van der Waals surface area (Å²) in [7, 11) is 0. The van der Waals surface area contributed by atoms with Crippen LogP contribution in [0.15, 0.2) is 30.3 Å². The SMILES string of the molecule is CC(CN1CCCCCC1CO)C(N)c1ccccc1. The van der Waals surface area contributed by atoms with Crippen LogP contribution in [-0.4, -0.2) is 35.7 Å². The van der Waals surface area contributed by atoms with Gasteiger partial charge in [-0.1, -0.05) is 50.1 Å². The highest BCUT2D eigenvalue weighted by Gasteiger charge is 2.24. The number of nitrogens with two attached hydrogens (primary N) is 1. The molecule has 20 heavy (non-hydrogen) atoms. The van der Waals surface area contributed by atoms with Gasteiger partial charge in [0.1, 0.15) is 0 Å². The van der Waals surface area contributed by atoms with Gasteiger partial charge in [-0.05, 0) is 30.9 Å². The Bertz CT molecular complexity index is 382. The molecule has 2 rings (SSSR count). The fourth-order valence-corrected chi connectivity index (χ4v) is 3.17. The van der Waals surface area contributed by atoms with Crippen molar-refractivity contribution in [3.63, 3.8) is 0 Å². The summed E-state index contributed by atoms with van der Waals surface area (Å²) >= 11 is 0. The summed E-state index contributed by atoms with van der Waals surface area (Å²) < 4.78 is 0. The van der Waals surface area contributed by atoms with Gasteiger partial charge in [0.2, 0.25) is 0 Å². The van der Waals surface area contributed by atoms with Gasteiger partial charge in [-0.15, -0.1) is 0 Å². The number of hydrogen-bond acceptors (Lipinski definition) is 3. The molecule has 3 nitrogen and oxygen atoms in total. The van der Waals surface area contributed by atoms with Crippen molar-refractivity contribution in [2.45, 2.75) is 44.7 Å². The van der Waals surface area contributed by atoms with Crippen molar-refractivity contribution in [3.8, 4) is 0 Å². The van der Waals surface area contributed by atoms with Crippen LogP contribution in [0.1, 0.15) is 44.2 Å². The summed E-state index contributed by atoms with van der Waals surface area (Å²) in [5, 5.41) is 9.58. The lowest BCUT2D eigenvalue weighted by Gasteiger charge is -2.33. The molecule has 112 valence electrons. The van der Waals surface area contributed by atoms with E-state index in [0.717, 1.165) is 19.5 Å². The zero-order valence-corrected chi connectivity index (χ0v) is 12.5. The van der Waals surface area contributed by atoms with Crippen LogP contribution in [0.25, 0.3) is 0 Å². The average molecular weight is 276 g/mol. The van der Waals surface area contributed by atoms with Gasteiger partial charge >= 0.3 is 0 Å². The van der Waals surface area contributed by atoms with E-state index >= 15 is 0 Å². The smallest absolute Gasteiger partial charge is 0.0586 e. The topological polar surface area (TPSA) is 49.5 Å². The predicted octanol–water partition coefficient (Wildman–Crippen LogP) is 2.56. The van der Waals surface area contributed by atoms with Crippen LogP contribution >= 0.6 is 0 Å². The number of likely N-dealkylation sites (tertiary alicyclic amines) is 1. The lowest BCUT2D eigenvalue weighted by atomic mass is 9.94. The third-order valence-corrected chi connectivity index (χ3v) is 4.53. The van der Waals surface area contributed by atoms with E-state index in [2.05, 4.69) is 24.0 Å². The summed E-state index contributed by atoms with van der Waals surface area (Å²) in [5.41, 5.74) is 7.60. The first-order chi connectivity index (χ1) is 9.72. The first-order valence-corrected chi connectivity index (χ1v) is 7.88. The largest absolute Gasteiger partial charge is 0.395 e. The zero-order valence-electron chi connectivity index (χ0n) is 12.5. The second-order valence-corrected chi connectivity index (χ2v) is 6.09. The van der Waals surface area contributed by atoms with Crippen molar-refractivity contribution >= 4 is 0 Å². The van der Waals surface area contributed by atoms with Crippen molar-refractivity contribution in [2.24, 2.45) is 11.7 Å². The van der Waals surface area contributed by atoms with Gasteiger partial charge in [-0.3, -0.25) is 4.90 Å². The molecule has 0 radical (unpaired) electrons. The van der Waals surface area contributed by atoms with Gasteiger partial charge in [0.25, 0.3) is 0 Å². The normalized spacial score (nSPS) is 24.1. The maximum absolute atomic E-state index is 9.58. The molecule has 3 heteroatoms. The van der Waals surface area contributed by atoms with E-state index in [1.54, 1.807) is 0 Å². The number of benzene rings is 1. The van der Waals surface area contributed by atoms with E-state index in [0.29, 0.717) is 12.0 Å². The van der Waals surface area contributed by atoms with Gasteiger partial charge in [0, 0.05) is 18.6 Å². The Morgan fingerprint density at radius 1 is 1.25 bits per heavy atom. The molecule has 0 amide bonds. The molecule has 0 aliphatic carbocycles. The highest BCUT2D eigenvalue weighted by molar-refractivity contribution is 5.19. The Hall–Kier alpha value is -0.900. The Balaban J connectivity index is 1.96. The summed E-state index contributed by atoms with van der Waals surface area (Å²) in [5.74, 6) is 0.393. The maximum Gasteiger partial charge on any atom is 0.0586 e. The van der Waals surface area contributed by atoms with Crippen molar-refractivity contribution in [2.75, 3.05) is 19.7 Å². The number of hydrogen-bond donors (Lipinski definition) is 2. The zero-order chi connectivity index (χ0) is 14.4. The molecule has 1 heterocycles. The molecular formula is C17H28N2O. The molecule has 1 aliphatic rings. The third kappa shape index (κ3) is 4.05. The molecule has 1 aromatic carbocycles. The number of aliphatic hydroxyl groups excluding tert-OH is 1. The van der Waals surface area contributed by atoms with Gasteiger partial charge in [-0.25, -0.2) is 0 Å². The monoisotopic (exact) mass is 276 g/mol. The third-order valence-electron chi connectivity index (χ3n) is 4.53. The van der Waals surface area contributed by atoms with Crippen LogP contribution in [-0.2, 0) is 0 Å². The predicted molar refractivity (Wildman–Crippen MR) is 83.4 cm³/mol. The van der Waals surface area contributed by atoms with Crippen molar-refractivity contribution in [3.05, 3.63) is 35.9 Å². The molecule has 0 spiro atoms. The van der Waals surface area contributed by atoms with Crippen LogP contribution in [0, 0.1) is 5.92 Å². The Kier molecular flexibility index (Phi) is 6.02. The van der Waals surface area contributed by atoms with Gasteiger partial charge in [0.15, 0.2) is 0 Å². The van der Waals surface area contributed by atoms with Crippen molar-refractivity contribution in [1.29, 1.82) is 0 Å². The fraction of sp³-hybridized carbons (Fsp3) is 0.647. The van der Waals surface area contributed by atoms with E-state index in [9.17, 15) is 5.11 Å². The Morgan fingerprint density at radius 3 is 2.70 bits per heavy atom. The lowest BCUT2D eigenvalue weighted by Crippen LogP contribution is -2.42. The van der Waals surface area contributed by atoms with Crippen LogP contribution in [0.3, 0.4) is 0 Å². The molecule has 3 atom stereocenters. The molecule has 1 fully saturated rings. The standard InChI is InChI=1S/C17H28N2O/c1-14(17(18)15-8-4-2-5-9-15)12-19-11-7-3-6-10-16(19)13-20/h2,4-5,8-9,14,16-17,20H,3,6-7,10-13,18H2,1H3. The summed E-state index contributed by atoms with van der Waals surface area (Å²) in [4.78, 5) is 2.44. The first-order valence-electron chi connectivity index (χ1n) is 7.88. The van der Waals surface area contributed by atoms with Crippen LogP contribution in [0.2, 0.25) is 0 Å². The molecule has 0 aromatic heterocycles. The summed E-state index contributed by atoms with van der Waals surface area (Å²) in [6.07, 6.45) is 4.88. The van der Waals surface area contributed by atoms with Crippen molar-refractivity contribution in [1.82, 2.24) is 4.90 Å². The minimum absolute atomic E-state index is 0.0683. The quantitative estimate of drug-likeness (QED) is 0.869. The first kappa shape index (κ1) is 15.5. The van der Waals surface area contributed by atoms with Crippen LogP contribution < -0.4 is 5.73 Å². The lowest BCUT2D eigenvalue weighted by molar-refractivity contribution is 0.106. The molecule has 0 saturated carbocycles. The van der Waals surface area contributed by atoms with Gasteiger partial charge < -0.3 is 10.8 Å². The average Bonchev–Trinajstić information content (AvgIpc) is 2.72. The Labute approximate surface area is 122 Å². The second kappa shape index (κ2) is 7.77. The molecule has 0 bridgehead atoms. The number of nitrogens with zero attached hydrogens (tertiary/aromatic N) is 1. The van der Waals surface area contributed by atoms with E-state index in [1.165, 1.54) is 24.8 Å². The summed E-state index contributed by atoms with van der Waals surface area (Å²) in [6.45, 7) is 4.56. The second-order valence-electron chi connectivity index (χ2n) is 6.09. The molecular weight excluding hydrogens is 248 g/mol. The highest BCUT2D eigenvalue weighted by atomic mass is 16.3. The highest BCUT2D eigenvalue weighted by Crippen LogP contribution is 2.23. The van der Waals surface area contributed by atoms with Crippen LogP contribution in [0.5, 0.6) is 0 Å². The Morgan fingerprint density at radius 2 is 2.00 bits per heavy atom.